The molecule has 1 aromatic rings. The summed E-state index contributed by atoms with van der Waals surface area (Å²) in [6, 6.07) is 5.53. The quantitative estimate of drug-likeness (QED) is 0.684. The third kappa shape index (κ3) is 7.15. The van der Waals surface area contributed by atoms with Crippen molar-refractivity contribution in [2.24, 2.45) is 5.92 Å². The van der Waals surface area contributed by atoms with Crippen molar-refractivity contribution in [1.82, 2.24) is 10.6 Å². The molecule has 3 amide bonds. The molecular formula is C17H28N3O3+. The molecule has 6 nitrogen and oxygen atoms in total. The van der Waals surface area contributed by atoms with Gasteiger partial charge in [-0.25, -0.2) is 4.79 Å². The Bertz CT molecular complexity index is 544. The van der Waals surface area contributed by atoms with Crippen LogP contribution < -0.4 is 20.3 Å². The van der Waals surface area contributed by atoms with Gasteiger partial charge in [0.05, 0.1) is 14.2 Å². The van der Waals surface area contributed by atoms with Gasteiger partial charge < -0.3 is 15.0 Å². The van der Waals surface area contributed by atoms with E-state index < -0.39 is 6.03 Å². The highest BCUT2D eigenvalue weighted by molar-refractivity contribution is 5.94. The lowest BCUT2D eigenvalue weighted by Gasteiger charge is -2.16. The van der Waals surface area contributed by atoms with Crippen LogP contribution >= 0.6 is 0 Å². The number of carbonyl (C=O) groups excluding carboxylic acids is 2. The van der Waals surface area contributed by atoms with Crippen molar-refractivity contribution < 1.29 is 19.2 Å². The molecule has 128 valence electrons. The highest BCUT2D eigenvalue weighted by Crippen LogP contribution is 2.18. The molecule has 1 rings (SSSR count). The maximum Gasteiger partial charge on any atom is 0.321 e. The average molecular weight is 322 g/mol. The fraction of sp³-hybridized carbons (Fsp3) is 0.529. The number of quaternary nitrogens is 1. The van der Waals surface area contributed by atoms with Gasteiger partial charge in [-0.3, -0.25) is 10.1 Å². The summed E-state index contributed by atoms with van der Waals surface area (Å²) >= 11 is 0. The van der Waals surface area contributed by atoms with Crippen molar-refractivity contribution in [3.05, 3.63) is 29.3 Å². The molecule has 23 heavy (non-hydrogen) atoms. The van der Waals surface area contributed by atoms with Crippen molar-refractivity contribution in [3.63, 3.8) is 0 Å². The number of methoxy groups -OCH3 is 1. The van der Waals surface area contributed by atoms with E-state index in [1.165, 1.54) is 0 Å². The number of rotatable bonds is 7. The first kappa shape index (κ1) is 19.0. The van der Waals surface area contributed by atoms with Crippen LogP contribution in [0.2, 0.25) is 0 Å². The van der Waals surface area contributed by atoms with E-state index in [2.05, 4.69) is 16.7 Å². The number of benzene rings is 1. The van der Waals surface area contributed by atoms with Crippen molar-refractivity contribution in [2.45, 2.75) is 27.3 Å². The highest BCUT2D eigenvalue weighted by Gasteiger charge is 2.15. The second-order valence-corrected chi connectivity index (χ2v) is 6.28. The summed E-state index contributed by atoms with van der Waals surface area (Å²) in [7, 11) is 3.54. The number of carbonyl (C=O) groups is 2. The molecule has 1 atom stereocenters. The zero-order chi connectivity index (χ0) is 17.4. The van der Waals surface area contributed by atoms with E-state index in [4.69, 9.17) is 4.74 Å². The zero-order valence-electron chi connectivity index (χ0n) is 14.7. The van der Waals surface area contributed by atoms with E-state index >= 15 is 0 Å². The topological polar surface area (TPSA) is 71.9 Å². The van der Waals surface area contributed by atoms with Crippen LogP contribution in [0.4, 0.5) is 4.79 Å². The van der Waals surface area contributed by atoms with Crippen LogP contribution in [0.3, 0.4) is 0 Å². The minimum atomic E-state index is -0.440. The van der Waals surface area contributed by atoms with Gasteiger partial charge in [0, 0.05) is 12.1 Å². The van der Waals surface area contributed by atoms with Crippen molar-refractivity contribution in [1.29, 1.82) is 0 Å². The summed E-state index contributed by atoms with van der Waals surface area (Å²) in [6.45, 7) is 7.41. The number of likely N-dealkylation sites (N-methyl/N-ethyl adjacent to an activating group) is 1. The smallest absolute Gasteiger partial charge is 0.321 e. The minimum Gasteiger partial charge on any atom is -0.496 e. The van der Waals surface area contributed by atoms with Gasteiger partial charge in [0.15, 0.2) is 6.54 Å². The van der Waals surface area contributed by atoms with E-state index in [9.17, 15) is 9.59 Å². The minimum absolute atomic E-state index is 0.214. The predicted molar refractivity (Wildman–Crippen MR) is 89.6 cm³/mol. The summed E-state index contributed by atoms with van der Waals surface area (Å²) in [5.74, 6) is 0.860. The standard InChI is InChI=1S/C17H27N3O3/c1-12(2)9-18-17(22)19-16(21)11-20(4)10-14-8-13(3)6-7-15(14)23-5/h6-8,12H,9-11H2,1-5H3,(H2,18,19,21,22)/p+1. The molecule has 0 bridgehead atoms. The van der Waals surface area contributed by atoms with E-state index in [0.717, 1.165) is 21.8 Å². The molecule has 0 fully saturated rings. The van der Waals surface area contributed by atoms with Gasteiger partial charge in [-0.1, -0.05) is 25.5 Å². The van der Waals surface area contributed by atoms with E-state index in [1.54, 1.807) is 7.11 Å². The first-order chi connectivity index (χ1) is 10.8. The molecule has 0 saturated heterocycles. The molecule has 0 aliphatic carbocycles. The van der Waals surface area contributed by atoms with Crippen LogP contribution in [-0.2, 0) is 11.3 Å². The van der Waals surface area contributed by atoms with Crippen LogP contribution in [0.5, 0.6) is 5.75 Å². The highest BCUT2D eigenvalue weighted by atomic mass is 16.5. The molecule has 0 heterocycles. The monoisotopic (exact) mass is 322 g/mol. The number of amides is 3. The number of hydrogen-bond acceptors (Lipinski definition) is 3. The Hall–Kier alpha value is -2.08. The van der Waals surface area contributed by atoms with Gasteiger partial charge in [-0.05, 0) is 25.0 Å². The van der Waals surface area contributed by atoms with Crippen molar-refractivity contribution >= 4 is 11.9 Å². The summed E-state index contributed by atoms with van der Waals surface area (Å²) in [5, 5.41) is 5.01. The molecule has 1 aromatic carbocycles. The Labute approximate surface area is 138 Å². The first-order valence-electron chi connectivity index (χ1n) is 7.84. The van der Waals surface area contributed by atoms with Crippen molar-refractivity contribution in [3.8, 4) is 5.75 Å². The van der Waals surface area contributed by atoms with Crippen LogP contribution in [0, 0.1) is 12.8 Å². The number of ether oxygens (including phenoxy) is 1. The average Bonchev–Trinajstić information content (AvgIpc) is 2.45. The molecular weight excluding hydrogens is 294 g/mol. The second kappa shape index (κ2) is 9.15. The first-order valence-corrected chi connectivity index (χ1v) is 7.84. The number of aryl methyl sites for hydroxylation is 1. The van der Waals surface area contributed by atoms with Gasteiger partial charge >= 0.3 is 6.03 Å². The molecule has 3 N–H and O–H groups in total. The van der Waals surface area contributed by atoms with Gasteiger partial charge in [0.2, 0.25) is 0 Å². The van der Waals surface area contributed by atoms with Gasteiger partial charge in [-0.15, -0.1) is 0 Å². The van der Waals surface area contributed by atoms with Gasteiger partial charge in [0.25, 0.3) is 5.91 Å². The Morgan fingerprint density at radius 1 is 1.30 bits per heavy atom. The third-order valence-corrected chi connectivity index (χ3v) is 3.31. The van der Waals surface area contributed by atoms with Crippen LogP contribution in [0.25, 0.3) is 0 Å². The molecule has 0 aliphatic rings. The number of urea groups is 1. The summed E-state index contributed by atoms with van der Waals surface area (Å²) in [4.78, 5) is 24.4. The van der Waals surface area contributed by atoms with Crippen LogP contribution in [0.15, 0.2) is 18.2 Å². The lowest BCUT2D eigenvalue weighted by molar-refractivity contribution is -0.885. The number of nitrogens with one attached hydrogen (secondary N) is 3. The molecule has 0 spiro atoms. The molecule has 1 unspecified atom stereocenters. The van der Waals surface area contributed by atoms with E-state index in [1.807, 2.05) is 40.0 Å². The fourth-order valence-electron chi connectivity index (χ4n) is 2.22. The normalized spacial score (nSPS) is 11.9. The van der Waals surface area contributed by atoms with Gasteiger partial charge in [-0.2, -0.15) is 0 Å². The molecule has 0 saturated carbocycles. The SMILES string of the molecule is COc1ccc(C)cc1C[NH+](C)CC(=O)NC(=O)NCC(C)C. The zero-order valence-corrected chi connectivity index (χ0v) is 14.7. The summed E-state index contributed by atoms with van der Waals surface area (Å²) in [6.07, 6.45) is 0. The van der Waals surface area contributed by atoms with Crippen molar-refractivity contribution in [2.75, 3.05) is 27.2 Å². The Morgan fingerprint density at radius 2 is 2.00 bits per heavy atom. The maximum absolute atomic E-state index is 11.9. The Kier molecular flexibility index (Phi) is 7.54. The Balaban J connectivity index is 2.50. The Morgan fingerprint density at radius 3 is 2.61 bits per heavy atom. The molecule has 6 heteroatoms. The van der Waals surface area contributed by atoms with E-state index in [0.29, 0.717) is 19.0 Å². The number of hydrogen-bond donors (Lipinski definition) is 3. The van der Waals surface area contributed by atoms with Gasteiger partial charge in [0.1, 0.15) is 12.3 Å². The molecule has 0 aliphatic heterocycles. The summed E-state index contributed by atoms with van der Waals surface area (Å²) in [5.41, 5.74) is 2.19. The predicted octanol–water partition coefficient (Wildman–Crippen LogP) is 0.500. The van der Waals surface area contributed by atoms with Crippen LogP contribution in [-0.4, -0.2) is 39.2 Å². The lowest BCUT2D eigenvalue weighted by Crippen LogP contribution is -3.09. The van der Waals surface area contributed by atoms with Crippen LogP contribution in [0.1, 0.15) is 25.0 Å². The fourth-order valence-corrected chi connectivity index (χ4v) is 2.22. The van der Waals surface area contributed by atoms with E-state index in [-0.39, 0.29) is 12.5 Å². The lowest BCUT2D eigenvalue weighted by atomic mass is 10.1. The molecule has 0 aromatic heterocycles. The largest absolute Gasteiger partial charge is 0.496 e. The third-order valence-electron chi connectivity index (χ3n) is 3.31. The second-order valence-electron chi connectivity index (χ2n) is 6.28. The molecule has 0 radical (unpaired) electrons. The maximum atomic E-state index is 11.9. The number of imide groups is 1. The summed E-state index contributed by atoms with van der Waals surface area (Å²) < 4.78 is 5.35.